The van der Waals surface area contributed by atoms with Gasteiger partial charge in [-0.1, -0.05) is 62.4 Å². The van der Waals surface area contributed by atoms with Crippen LogP contribution in [0.1, 0.15) is 55.1 Å². The number of aliphatic carboxylic acids is 1. The van der Waals surface area contributed by atoms with Gasteiger partial charge < -0.3 is 35.8 Å². The number of anilines is 3. The number of rotatable bonds is 14. The van der Waals surface area contributed by atoms with Crippen LogP contribution in [0, 0.1) is 5.82 Å². The van der Waals surface area contributed by atoms with E-state index in [9.17, 15) is 24.2 Å². The normalized spacial score (nSPS) is 12.3. The Morgan fingerprint density at radius 3 is 1.86 bits per heavy atom. The molecule has 1 amide bonds. The second-order valence-corrected chi connectivity index (χ2v) is 13.0. The summed E-state index contributed by atoms with van der Waals surface area (Å²) in [5.41, 5.74) is 6.06. The number of amides is 1. The van der Waals surface area contributed by atoms with Crippen LogP contribution in [0.3, 0.4) is 0 Å². The van der Waals surface area contributed by atoms with Crippen LogP contribution < -0.4 is 16.0 Å². The van der Waals surface area contributed by atoms with Crippen molar-refractivity contribution in [2.45, 2.75) is 57.8 Å². The summed E-state index contributed by atoms with van der Waals surface area (Å²) in [6, 6.07) is 32.3. The van der Waals surface area contributed by atoms with Crippen LogP contribution in [0.2, 0.25) is 0 Å². The number of benzene rings is 4. The van der Waals surface area contributed by atoms with Crippen molar-refractivity contribution in [3.8, 4) is 22.4 Å². The van der Waals surface area contributed by atoms with Crippen LogP contribution >= 0.6 is 12.2 Å². The number of aliphatic hydroxyl groups excluding tert-OH is 2. The van der Waals surface area contributed by atoms with E-state index in [1.54, 1.807) is 24.3 Å². The Balaban J connectivity index is 1.51. The number of hydrogen-bond acceptors (Lipinski definition) is 5. The Morgan fingerprint density at radius 2 is 1.29 bits per heavy atom. The highest BCUT2D eigenvalue weighted by molar-refractivity contribution is 7.80. The van der Waals surface area contributed by atoms with Crippen molar-refractivity contribution in [2.24, 2.45) is 0 Å². The lowest BCUT2D eigenvalue weighted by atomic mass is 9.94. The van der Waals surface area contributed by atoms with Crippen molar-refractivity contribution in [1.29, 1.82) is 0 Å². The first-order valence-corrected chi connectivity index (χ1v) is 17.1. The molecule has 0 fully saturated rings. The fraction of sp³-hybridized carbons (Fsp3) is 0.225. The monoisotopic (exact) mass is 708 g/mol. The molecule has 0 saturated carbocycles. The summed E-state index contributed by atoms with van der Waals surface area (Å²) in [5, 5.41) is 39.9. The molecule has 264 valence electrons. The van der Waals surface area contributed by atoms with Crippen molar-refractivity contribution in [3.05, 3.63) is 126 Å². The van der Waals surface area contributed by atoms with E-state index in [-0.39, 0.29) is 31.2 Å². The smallest absolute Gasteiger partial charge is 0.305 e. The molecule has 0 saturated heterocycles. The van der Waals surface area contributed by atoms with E-state index in [4.69, 9.17) is 17.3 Å². The molecule has 5 aromatic rings. The molecule has 51 heavy (non-hydrogen) atoms. The minimum atomic E-state index is -1.21. The van der Waals surface area contributed by atoms with Gasteiger partial charge in [0.05, 0.1) is 29.9 Å². The highest BCUT2D eigenvalue weighted by Crippen LogP contribution is 2.42. The molecule has 2 atom stereocenters. The number of para-hydroxylation sites is 1. The van der Waals surface area contributed by atoms with Gasteiger partial charge in [-0.3, -0.25) is 9.59 Å². The number of halogens is 1. The molecule has 0 aliphatic carbocycles. The summed E-state index contributed by atoms with van der Waals surface area (Å²) in [7, 11) is 0. The minimum absolute atomic E-state index is 0.118. The van der Waals surface area contributed by atoms with Gasteiger partial charge in [0.25, 0.3) is 5.91 Å². The number of aromatic nitrogens is 1. The van der Waals surface area contributed by atoms with Gasteiger partial charge in [0.1, 0.15) is 5.82 Å². The first-order chi connectivity index (χ1) is 24.5. The van der Waals surface area contributed by atoms with Crippen molar-refractivity contribution in [1.82, 2.24) is 4.57 Å². The zero-order valence-corrected chi connectivity index (χ0v) is 29.2. The molecule has 9 nitrogen and oxygen atoms in total. The highest BCUT2D eigenvalue weighted by Gasteiger charge is 2.31. The van der Waals surface area contributed by atoms with Gasteiger partial charge in [0.2, 0.25) is 0 Å². The van der Waals surface area contributed by atoms with Gasteiger partial charge in [0.15, 0.2) is 5.11 Å². The van der Waals surface area contributed by atoms with E-state index >= 15 is 0 Å². The van der Waals surface area contributed by atoms with Gasteiger partial charge >= 0.3 is 5.97 Å². The maximum absolute atomic E-state index is 14.5. The lowest BCUT2D eigenvalue weighted by molar-refractivity contribution is -0.139. The summed E-state index contributed by atoms with van der Waals surface area (Å²) in [4.78, 5) is 25.6. The van der Waals surface area contributed by atoms with E-state index in [0.29, 0.717) is 38.9 Å². The molecular formula is C40H41FN4O5S. The Hall–Kier alpha value is -5.36. The fourth-order valence-electron chi connectivity index (χ4n) is 6.13. The average Bonchev–Trinajstić information content (AvgIpc) is 3.44. The van der Waals surface area contributed by atoms with Crippen LogP contribution in [-0.2, 0) is 11.3 Å². The van der Waals surface area contributed by atoms with Crippen molar-refractivity contribution < 1.29 is 29.3 Å². The lowest BCUT2D eigenvalue weighted by Crippen LogP contribution is -2.22. The Labute approximate surface area is 301 Å². The molecule has 0 radical (unpaired) electrons. The molecule has 5 rings (SSSR count). The topological polar surface area (TPSA) is 136 Å². The maximum atomic E-state index is 14.5. The standard InChI is InChI=1S/C40H41FN4O5S/c1-25(2)37-36(39(50)42-30-17-19-31(20-18-30)44-40(51)43-29-11-7-4-8-12-29)35(26-9-5-3-6-10-26)38(27-13-15-28(41)16-14-27)45(37)22-21-32(46)23-33(47)24-34(48)49/h3-20,25,32-33,46-47H,21-24H2,1-2H3,(H,42,50)(H,48,49)(H2,43,44,51)/t32-,33-/m1/s1. The number of carbonyl (C=O) groups excluding carboxylic acids is 1. The number of aliphatic hydroxyl groups is 2. The molecule has 1 heterocycles. The molecule has 0 aliphatic heterocycles. The van der Waals surface area contributed by atoms with Crippen LogP contribution in [0.25, 0.3) is 22.4 Å². The minimum Gasteiger partial charge on any atom is -0.481 e. The van der Waals surface area contributed by atoms with Crippen molar-refractivity contribution >= 4 is 46.3 Å². The van der Waals surface area contributed by atoms with Crippen LogP contribution in [0.5, 0.6) is 0 Å². The summed E-state index contributed by atoms with van der Waals surface area (Å²) in [5.74, 6) is -2.07. The highest BCUT2D eigenvalue weighted by atomic mass is 32.1. The maximum Gasteiger partial charge on any atom is 0.305 e. The van der Waals surface area contributed by atoms with Crippen LogP contribution in [-0.4, -0.2) is 49.1 Å². The molecule has 0 unspecified atom stereocenters. The first-order valence-electron chi connectivity index (χ1n) is 16.7. The largest absolute Gasteiger partial charge is 0.481 e. The Bertz CT molecular complexity index is 1950. The van der Waals surface area contributed by atoms with E-state index < -0.39 is 30.4 Å². The number of thiocarbonyl (C=S) groups is 1. The third-order valence-electron chi connectivity index (χ3n) is 8.33. The van der Waals surface area contributed by atoms with Crippen molar-refractivity contribution in [3.63, 3.8) is 0 Å². The third-order valence-corrected chi connectivity index (χ3v) is 8.53. The first kappa shape index (κ1) is 36.9. The fourth-order valence-corrected chi connectivity index (χ4v) is 6.37. The molecule has 0 aliphatic rings. The van der Waals surface area contributed by atoms with E-state index in [1.807, 2.05) is 91.2 Å². The Morgan fingerprint density at radius 1 is 0.745 bits per heavy atom. The molecular weight excluding hydrogens is 668 g/mol. The number of carboxylic acids is 1. The number of carboxylic acid groups (broad SMARTS) is 1. The van der Waals surface area contributed by atoms with Gasteiger partial charge in [0, 0.05) is 34.9 Å². The molecule has 11 heteroatoms. The van der Waals surface area contributed by atoms with Gasteiger partial charge in [-0.2, -0.15) is 0 Å². The zero-order chi connectivity index (χ0) is 36.5. The second-order valence-electron chi connectivity index (χ2n) is 12.6. The van der Waals surface area contributed by atoms with E-state index in [2.05, 4.69) is 16.0 Å². The average molecular weight is 709 g/mol. The molecule has 1 aromatic heterocycles. The molecule has 6 N–H and O–H groups in total. The molecule has 0 spiro atoms. The summed E-state index contributed by atoms with van der Waals surface area (Å²) >= 11 is 5.45. The lowest BCUT2D eigenvalue weighted by Gasteiger charge is -2.20. The van der Waals surface area contributed by atoms with Gasteiger partial charge in [-0.25, -0.2) is 4.39 Å². The van der Waals surface area contributed by atoms with Crippen LogP contribution in [0.4, 0.5) is 21.5 Å². The predicted molar refractivity (Wildman–Crippen MR) is 204 cm³/mol. The second kappa shape index (κ2) is 17.0. The van der Waals surface area contributed by atoms with Crippen molar-refractivity contribution in [2.75, 3.05) is 16.0 Å². The van der Waals surface area contributed by atoms with Gasteiger partial charge in [-0.15, -0.1) is 0 Å². The molecule has 4 aromatic carbocycles. The van der Waals surface area contributed by atoms with E-state index in [1.165, 1.54) is 12.1 Å². The summed E-state index contributed by atoms with van der Waals surface area (Å²) in [6.45, 7) is 4.20. The zero-order valence-electron chi connectivity index (χ0n) is 28.3. The van der Waals surface area contributed by atoms with E-state index in [0.717, 1.165) is 16.9 Å². The quantitative estimate of drug-likeness (QED) is 0.0637. The third kappa shape index (κ3) is 9.66. The number of nitrogens with one attached hydrogen (secondary N) is 3. The van der Waals surface area contributed by atoms with Gasteiger partial charge in [-0.05, 0) is 103 Å². The Kier molecular flexibility index (Phi) is 12.3. The number of hydrogen-bond donors (Lipinski definition) is 6. The molecule has 0 bridgehead atoms. The number of carbonyl (C=O) groups is 2. The van der Waals surface area contributed by atoms with Crippen LogP contribution in [0.15, 0.2) is 109 Å². The predicted octanol–water partition coefficient (Wildman–Crippen LogP) is 8.12. The summed E-state index contributed by atoms with van der Waals surface area (Å²) in [6.07, 6.45) is -2.64. The SMILES string of the molecule is CC(C)c1c(C(=O)Nc2ccc(NC(=S)Nc3ccccc3)cc2)c(-c2ccccc2)c(-c2ccc(F)cc2)n1CC[C@@H](O)C[C@@H](O)CC(=O)O. The summed E-state index contributed by atoms with van der Waals surface area (Å²) < 4.78 is 16.2. The number of nitrogens with zero attached hydrogens (tertiary/aromatic N) is 1.